The van der Waals surface area contributed by atoms with Crippen molar-refractivity contribution in [3.05, 3.63) is 29.8 Å². The highest BCUT2D eigenvalue weighted by molar-refractivity contribution is 7.99. The molecule has 1 N–H and O–H groups in total. The molecule has 1 fully saturated rings. The predicted molar refractivity (Wildman–Crippen MR) is 75.0 cm³/mol. The van der Waals surface area contributed by atoms with Crippen molar-refractivity contribution in [1.82, 2.24) is 20.4 Å². The van der Waals surface area contributed by atoms with Gasteiger partial charge >= 0.3 is 0 Å². The highest BCUT2D eigenvalue weighted by Crippen LogP contribution is 2.24. The van der Waals surface area contributed by atoms with Crippen LogP contribution in [0, 0.1) is 0 Å². The first-order valence-corrected chi connectivity index (χ1v) is 7.63. The minimum absolute atomic E-state index is 0.161. The monoisotopic (exact) mass is 276 g/mol. The number of hydrogen-bond donors (Lipinski definition) is 1. The second kappa shape index (κ2) is 5.71. The lowest BCUT2D eigenvalue weighted by Crippen LogP contribution is -2.30. The van der Waals surface area contributed by atoms with Crippen molar-refractivity contribution in [3.63, 3.8) is 0 Å². The number of nitrogens with zero attached hydrogens (tertiary/aromatic N) is 3. The first-order chi connectivity index (χ1) is 9.38. The lowest BCUT2D eigenvalue weighted by molar-refractivity contribution is 0.342. The molecule has 5 nitrogen and oxygen atoms in total. The van der Waals surface area contributed by atoms with Gasteiger partial charge in [-0.3, -0.25) is 4.98 Å². The van der Waals surface area contributed by atoms with Crippen molar-refractivity contribution in [2.24, 2.45) is 0 Å². The summed E-state index contributed by atoms with van der Waals surface area (Å²) in [5.74, 6) is 3.36. The van der Waals surface area contributed by atoms with Gasteiger partial charge in [-0.2, -0.15) is 16.7 Å². The number of aromatic nitrogens is 3. The lowest BCUT2D eigenvalue weighted by atomic mass is 10.1. The number of nitrogens with one attached hydrogen (secondary N) is 1. The fourth-order valence-corrected chi connectivity index (χ4v) is 3.05. The molecule has 0 spiro atoms. The van der Waals surface area contributed by atoms with Crippen LogP contribution in [-0.4, -0.2) is 33.2 Å². The molecule has 0 amide bonds. The van der Waals surface area contributed by atoms with Gasteiger partial charge in [-0.15, -0.1) is 0 Å². The molecule has 100 valence electrons. The molecule has 19 heavy (non-hydrogen) atoms. The van der Waals surface area contributed by atoms with E-state index in [0.717, 1.165) is 35.7 Å². The summed E-state index contributed by atoms with van der Waals surface area (Å²) in [6.45, 7) is 3.08. The van der Waals surface area contributed by atoms with Crippen LogP contribution in [0.4, 0.5) is 0 Å². The van der Waals surface area contributed by atoms with E-state index in [0.29, 0.717) is 11.7 Å². The number of hydrogen-bond acceptors (Lipinski definition) is 6. The molecule has 1 aliphatic heterocycles. The molecule has 0 saturated carbocycles. The van der Waals surface area contributed by atoms with E-state index in [2.05, 4.69) is 27.4 Å². The highest BCUT2D eigenvalue weighted by Gasteiger charge is 2.22. The van der Waals surface area contributed by atoms with E-state index in [1.54, 1.807) is 6.20 Å². The van der Waals surface area contributed by atoms with Crippen molar-refractivity contribution in [3.8, 4) is 11.5 Å². The Morgan fingerprint density at radius 1 is 1.53 bits per heavy atom. The molecule has 1 aliphatic rings. The summed E-state index contributed by atoms with van der Waals surface area (Å²) in [5, 5.41) is 7.46. The maximum absolute atomic E-state index is 5.38. The average molecular weight is 276 g/mol. The minimum atomic E-state index is 0.161. The van der Waals surface area contributed by atoms with Gasteiger partial charge in [0.25, 0.3) is 0 Å². The summed E-state index contributed by atoms with van der Waals surface area (Å²) < 4.78 is 5.38. The van der Waals surface area contributed by atoms with Crippen molar-refractivity contribution in [1.29, 1.82) is 0 Å². The van der Waals surface area contributed by atoms with Crippen LogP contribution in [0.5, 0.6) is 0 Å². The first kappa shape index (κ1) is 12.6. The van der Waals surface area contributed by atoms with Gasteiger partial charge in [-0.05, 0) is 18.1 Å². The number of thioether (sulfide) groups is 1. The van der Waals surface area contributed by atoms with Crippen molar-refractivity contribution in [2.45, 2.75) is 19.4 Å². The summed E-state index contributed by atoms with van der Waals surface area (Å²) in [4.78, 5) is 8.86. The Morgan fingerprint density at radius 2 is 2.47 bits per heavy atom. The van der Waals surface area contributed by atoms with Crippen LogP contribution in [0.1, 0.15) is 24.4 Å². The van der Waals surface area contributed by atoms with Crippen LogP contribution < -0.4 is 5.32 Å². The third-order valence-electron chi connectivity index (χ3n) is 3.15. The van der Waals surface area contributed by atoms with E-state index >= 15 is 0 Å². The maximum Gasteiger partial charge on any atom is 0.244 e. The van der Waals surface area contributed by atoms with E-state index in [1.807, 2.05) is 23.9 Å². The zero-order valence-electron chi connectivity index (χ0n) is 10.8. The summed E-state index contributed by atoms with van der Waals surface area (Å²) in [6, 6.07) is 4.14. The Hall–Kier alpha value is -1.40. The second-order valence-electron chi connectivity index (χ2n) is 4.40. The fourth-order valence-electron chi connectivity index (χ4n) is 2.12. The highest BCUT2D eigenvalue weighted by atomic mass is 32.2. The number of rotatable bonds is 3. The Labute approximate surface area is 116 Å². The molecule has 0 aromatic carbocycles. The molecule has 1 saturated heterocycles. The molecule has 0 aliphatic carbocycles. The quantitative estimate of drug-likeness (QED) is 0.926. The summed E-state index contributed by atoms with van der Waals surface area (Å²) in [5.41, 5.74) is 1.96. The van der Waals surface area contributed by atoms with Crippen LogP contribution in [0.3, 0.4) is 0 Å². The zero-order valence-corrected chi connectivity index (χ0v) is 11.6. The van der Waals surface area contributed by atoms with Gasteiger partial charge in [0.05, 0.1) is 6.04 Å². The van der Waals surface area contributed by atoms with Gasteiger partial charge in [0.2, 0.25) is 11.7 Å². The molecule has 2 aromatic rings. The molecular formula is C13H16N4OS. The minimum Gasteiger partial charge on any atom is -0.337 e. The summed E-state index contributed by atoms with van der Waals surface area (Å²) in [6.07, 6.45) is 2.67. The van der Waals surface area contributed by atoms with Crippen molar-refractivity contribution >= 4 is 11.8 Å². The smallest absolute Gasteiger partial charge is 0.244 e. The fraction of sp³-hybridized carbons (Fsp3) is 0.462. The van der Waals surface area contributed by atoms with Gasteiger partial charge in [0.15, 0.2) is 0 Å². The van der Waals surface area contributed by atoms with E-state index in [4.69, 9.17) is 4.52 Å². The Bertz CT molecular complexity index is 551. The van der Waals surface area contributed by atoms with Gasteiger partial charge in [0, 0.05) is 24.2 Å². The molecule has 3 rings (SSSR count). The van der Waals surface area contributed by atoms with Crippen LogP contribution in [-0.2, 0) is 6.42 Å². The Kier molecular flexibility index (Phi) is 3.79. The summed E-state index contributed by atoms with van der Waals surface area (Å²) >= 11 is 1.90. The Morgan fingerprint density at radius 3 is 3.26 bits per heavy atom. The third-order valence-corrected chi connectivity index (χ3v) is 4.21. The van der Waals surface area contributed by atoms with E-state index < -0.39 is 0 Å². The van der Waals surface area contributed by atoms with E-state index in [1.165, 1.54) is 0 Å². The largest absolute Gasteiger partial charge is 0.337 e. The molecule has 6 heteroatoms. The topological polar surface area (TPSA) is 63.8 Å². The molecule has 0 radical (unpaired) electrons. The predicted octanol–water partition coefficient (Wildman–Crippen LogP) is 2.07. The van der Waals surface area contributed by atoms with E-state index in [9.17, 15) is 0 Å². The first-order valence-electron chi connectivity index (χ1n) is 6.47. The lowest BCUT2D eigenvalue weighted by Gasteiger charge is -2.19. The SMILES string of the molecule is CCc1cccnc1-c1noc(C2CSCCN2)n1. The normalized spacial score (nSPS) is 19.5. The van der Waals surface area contributed by atoms with Crippen LogP contribution in [0.15, 0.2) is 22.9 Å². The molecule has 1 unspecified atom stereocenters. The van der Waals surface area contributed by atoms with Crippen molar-refractivity contribution in [2.75, 3.05) is 18.1 Å². The molecular weight excluding hydrogens is 260 g/mol. The average Bonchev–Trinajstić information content (AvgIpc) is 2.98. The van der Waals surface area contributed by atoms with Crippen LogP contribution in [0.25, 0.3) is 11.5 Å². The molecule has 0 bridgehead atoms. The van der Waals surface area contributed by atoms with Gasteiger partial charge < -0.3 is 9.84 Å². The van der Waals surface area contributed by atoms with E-state index in [-0.39, 0.29) is 6.04 Å². The summed E-state index contributed by atoms with van der Waals surface area (Å²) in [7, 11) is 0. The molecule has 2 aromatic heterocycles. The Balaban J connectivity index is 1.88. The zero-order chi connectivity index (χ0) is 13.1. The third kappa shape index (κ3) is 2.64. The number of aryl methyl sites for hydroxylation is 1. The molecule has 1 atom stereocenters. The van der Waals surface area contributed by atoms with Crippen LogP contribution >= 0.6 is 11.8 Å². The maximum atomic E-state index is 5.38. The second-order valence-corrected chi connectivity index (χ2v) is 5.55. The standard InChI is InChI=1S/C13H16N4OS/c1-2-9-4-3-5-15-11(9)12-16-13(18-17-12)10-8-19-7-6-14-10/h3-5,10,14H,2,6-8H2,1H3. The van der Waals surface area contributed by atoms with Gasteiger partial charge in [-0.25, -0.2) is 0 Å². The van der Waals surface area contributed by atoms with Gasteiger partial charge in [0.1, 0.15) is 5.69 Å². The van der Waals surface area contributed by atoms with Crippen LogP contribution in [0.2, 0.25) is 0 Å². The number of pyridine rings is 1. The molecule has 3 heterocycles. The van der Waals surface area contributed by atoms with Gasteiger partial charge in [-0.1, -0.05) is 18.1 Å². The van der Waals surface area contributed by atoms with Crippen molar-refractivity contribution < 1.29 is 4.52 Å².